The molecule has 17 heavy (non-hydrogen) atoms. The van der Waals surface area contributed by atoms with E-state index in [1.807, 2.05) is 0 Å². The first kappa shape index (κ1) is 13.3. The summed E-state index contributed by atoms with van der Waals surface area (Å²) in [6, 6.07) is 0. The molecule has 0 fully saturated rings. The second-order valence-corrected chi connectivity index (χ2v) is 3.87. The van der Waals surface area contributed by atoms with Gasteiger partial charge in [-0.2, -0.15) is 0 Å². The van der Waals surface area contributed by atoms with Crippen LogP contribution in [0.4, 0.5) is 0 Å². The van der Waals surface area contributed by atoms with Crippen LogP contribution >= 0.6 is 11.6 Å². The van der Waals surface area contributed by atoms with Gasteiger partial charge in [-0.1, -0.05) is 11.6 Å². The third-order valence-corrected chi connectivity index (χ3v) is 2.10. The van der Waals surface area contributed by atoms with E-state index in [0.29, 0.717) is 0 Å². The molecular weight excluding hydrogens is 250 g/mol. The molecule has 0 saturated carbocycles. The third kappa shape index (κ3) is 3.65. The molecule has 0 aliphatic carbocycles. The van der Waals surface area contributed by atoms with Gasteiger partial charge in [0, 0.05) is 0 Å². The van der Waals surface area contributed by atoms with Crippen molar-refractivity contribution in [2.75, 3.05) is 6.54 Å². The minimum absolute atomic E-state index is 0.0180. The molecular formula is C9H10ClN3O4. The van der Waals surface area contributed by atoms with Crippen molar-refractivity contribution in [3.63, 3.8) is 0 Å². The van der Waals surface area contributed by atoms with Crippen LogP contribution in [0.5, 0.6) is 0 Å². The Kier molecular flexibility index (Phi) is 3.97. The molecule has 0 bridgehead atoms. The van der Waals surface area contributed by atoms with Crippen molar-refractivity contribution >= 4 is 23.5 Å². The Hall–Kier alpha value is -1.73. The fourth-order valence-corrected chi connectivity index (χ4v) is 0.946. The molecule has 0 aromatic carbocycles. The second kappa shape index (κ2) is 5.07. The molecule has 92 valence electrons. The Morgan fingerprint density at radius 3 is 2.59 bits per heavy atom. The molecule has 0 spiro atoms. The molecule has 3 N–H and O–H groups in total. The number of rotatable bonds is 4. The summed E-state index contributed by atoms with van der Waals surface area (Å²) in [4.78, 5) is 29.4. The maximum Gasteiger partial charge on any atom is 0.337 e. The number of aliphatic hydroxyl groups is 1. The predicted molar refractivity (Wildman–Crippen MR) is 57.6 cm³/mol. The van der Waals surface area contributed by atoms with Crippen LogP contribution in [0, 0.1) is 0 Å². The number of carbonyl (C=O) groups is 2. The highest BCUT2D eigenvalue weighted by molar-refractivity contribution is 6.29. The lowest BCUT2D eigenvalue weighted by atomic mass is 10.1. The Labute approximate surface area is 101 Å². The molecule has 0 aliphatic rings. The first-order valence-corrected chi connectivity index (χ1v) is 4.92. The van der Waals surface area contributed by atoms with Gasteiger partial charge in [0.2, 0.25) is 0 Å². The molecule has 1 aromatic heterocycles. The topological polar surface area (TPSA) is 112 Å². The third-order valence-electron chi connectivity index (χ3n) is 1.91. The van der Waals surface area contributed by atoms with Crippen LogP contribution in [-0.4, -0.2) is 44.2 Å². The lowest BCUT2D eigenvalue weighted by Gasteiger charge is -2.17. The van der Waals surface area contributed by atoms with Gasteiger partial charge in [-0.15, -0.1) is 0 Å². The van der Waals surface area contributed by atoms with Gasteiger partial charge >= 0.3 is 5.97 Å². The van der Waals surface area contributed by atoms with Crippen LogP contribution in [0.3, 0.4) is 0 Å². The van der Waals surface area contributed by atoms with E-state index < -0.39 is 24.0 Å². The van der Waals surface area contributed by atoms with Crippen LogP contribution in [0.15, 0.2) is 12.4 Å². The van der Waals surface area contributed by atoms with Crippen LogP contribution in [0.25, 0.3) is 0 Å². The van der Waals surface area contributed by atoms with Crippen molar-refractivity contribution in [1.82, 2.24) is 15.3 Å². The van der Waals surface area contributed by atoms with E-state index in [-0.39, 0.29) is 10.8 Å². The van der Waals surface area contributed by atoms with E-state index in [1.165, 1.54) is 6.20 Å². The van der Waals surface area contributed by atoms with Crippen molar-refractivity contribution in [2.45, 2.75) is 12.5 Å². The number of nitrogens with zero attached hydrogens (tertiary/aromatic N) is 2. The molecule has 0 radical (unpaired) electrons. The summed E-state index contributed by atoms with van der Waals surface area (Å²) in [5.74, 6) is -2.07. The molecule has 1 heterocycles. The SMILES string of the molecule is CC(O)(CNC(=O)c1cnc(Cl)cn1)C(=O)O. The van der Waals surface area contributed by atoms with E-state index >= 15 is 0 Å². The molecule has 1 atom stereocenters. The number of carbonyl (C=O) groups excluding carboxylic acids is 1. The Bertz CT molecular complexity index is 432. The van der Waals surface area contributed by atoms with Gasteiger partial charge in [-0.3, -0.25) is 4.79 Å². The fraction of sp³-hybridized carbons (Fsp3) is 0.333. The average molecular weight is 260 g/mol. The van der Waals surface area contributed by atoms with E-state index in [0.717, 1.165) is 13.1 Å². The highest BCUT2D eigenvalue weighted by atomic mass is 35.5. The van der Waals surface area contributed by atoms with E-state index in [4.69, 9.17) is 16.7 Å². The normalized spacial score (nSPS) is 13.8. The summed E-state index contributed by atoms with van der Waals surface area (Å²) >= 11 is 5.48. The molecule has 7 nitrogen and oxygen atoms in total. The van der Waals surface area contributed by atoms with Crippen molar-refractivity contribution in [1.29, 1.82) is 0 Å². The van der Waals surface area contributed by atoms with Gasteiger partial charge in [-0.05, 0) is 6.92 Å². The maximum atomic E-state index is 11.5. The number of carboxylic acid groups (broad SMARTS) is 1. The Morgan fingerprint density at radius 2 is 2.12 bits per heavy atom. The molecule has 1 rings (SSSR count). The first-order chi connectivity index (χ1) is 7.83. The summed E-state index contributed by atoms with van der Waals surface area (Å²) < 4.78 is 0. The predicted octanol–water partition coefficient (Wildman–Crippen LogP) is -0.305. The quantitative estimate of drug-likeness (QED) is 0.684. The number of aromatic nitrogens is 2. The summed E-state index contributed by atoms with van der Waals surface area (Å²) in [6.07, 6.45) is 2.33. The Morgan fingerprint density at radius 1 is 1.47 bits per heavy atom. The molecule has 0 saturated heterocycles. The smallest absolute Gasteiger partial charge is 0.337 e. The average Bonchev–Trinajstić information content (AvgIpc) is 2.27. The standard InChI is InChI=1S/C9H10ClN3O4/c1-9(17,8(15)16)4-13-7(14)5-2-12-6(10)3-11-5/h2-3,17H,4H2,1H3,(H,13,14)(H,15,16). The fourth-order valence-electron chi connectivity index (χ4n) is 0.848. The minimum atomic E-state index is -2.03. The lowest BCUT2D eigenvalue weighted by molar-refractivity contribution is -0.155. The number of carboxylic acids is 1. The highest BCUT2D eigenvalue weighted by Gasteiger charge is 2.30. The first-order valence-electron chi connectivity index (χ1n) is 4.54. The molecule has 0 aliphatic heterocycles. The van der Waals surface area contributed by atoms with Gasteiger partial charge in [0.1, 0.15) is 10.8 Å². The van der Waals surface area contributed by atoms with Gasteiger partial charge in [-0.25, -0.2) is 14.8 Å². The van der Waals surface area contributed by atoms with Crippen molar-refractivity contribution in [3.8, 4) is 0 Å². The van der Waals surface area contributed by atoms with Gasteiger partial charge in [0.25, 0.3) is 5.91 Å². The van der Waals surface area contributed by atoms with E-state index in [1.54, 1.807) is 0 Å². The van der Waals surface area contributed by atoms with Crippen molar-refractivity contribution in [3.05, 3.63) is 23.2 Å². The zero-order valence-electron chi connectivity index (χ0n) is 8.85. The summed E-state index contributed by atoms with van der Waals surface area (Å²) in [5.41, 5.74) is -2.05. The summed E-state index contributed by atoms with van der Waals surface area (Å²) in [5, 5.41) is 20.3. The highest BCUT2D eigenvalue weighted by Crippen LogP contribution is 2.03. The molecule has 1 unspecified atom stereocenters. The second-order valence-electron chi connectivity index (χ2n) is 3.49. The van der Waals surface area contributed by atoms with Gasteiger partial charge in [0.05, 0.1) is 18.9 Å². The van der Waals surface area contributed by atoms with Crippen LogP contribution in [0.1, 0.15) is 17.4 Å². The zero-order valence-corrected chi connectivity index (χ0v) is 9.60. The van der Waals surface area contributed by atoms with Crippen LogP contribution in [0.2, 0.25) is 5.15 Å². The zero-order chi connectivity index (χ0) is 13.1. The van der Waals surface area contributed by atoms with Gasteiger partial charge < -0.3 is 15.5 Å². The summed E-state index contributed by atoms with van der Waals surface area (Å²) in [7, 11) is 0. The molecule has 1 amide bonds. The maximum absolute atomic E-state index is 11.5. The minimum Gasteiger partial charge on any atom is -0.479 e. The number of hydrogen-bond donors (Lipinski definition) is 3. The van der Waals surface area contributed by atoms with Crippen LogP contribution in [-0.2, 0) is 4.79 Å². The number of aliphatic carboxylic acids is 1. The van der Waals surface area contributed by atoms with Crippen molar-refractivity contribution < 1.29 is 19.8 Å². The number of halogens is 1. The van der Waals surface area contributed by atoms with E-state index in [2.05, 4.69) is 15.3 Å². The number of hydrogen-bond acceptors (Lipinski definition) is 5. The molecule has 8 heteroatoms. The summed E-state index contributed by atoms with van der Waals surface area (Å²) in [6.45, 7) is 0.634. The van der Waals surface area contributed by atoms with Crippen molar-refractivity contribution in [2.24, 2.45) is 0 Å². The van der Waals surface area contributed by atoms with E-state index in [9.17, 15) is 14.7 Å². The molecule has 1 aromatic rings. The number of nitrogens with one attached hydrogen (secondary N) is 1. The van der Waals surface area contributed by atoms with Crippen LogP contribution < -0.4 is 5.32 Å². The largest absolute Gasteiger partial charge is 0.479 e. The Balaban J connectivity index is 2.62. The lowest BCUT2D eigenvalue weighted by Crippen LogP contribution is -2.46. The van der Waals surface area contributed by atoms with Gasteiger partial charge in [0.15, 0.2) is 5.60 Å². The monoisotopic (exact) mass is 259 g/mol. The number of amides is 1.